The minimum absolute atomic E-state index is 0.407. The Bertz CT molecular complexity index is 671. The van der Waals surface area contributed by atoms with Gasteiger partial charge in [-0.25, -0.2) is 13.6 Å². The van der Waals surface area contributed by atoms with Crippen LogP contribution in [0.4, 0.5) is 20.2 Å². The van der Waals surface area contributed by atoms with Crippen LogP contribution in [-0.4, -0.2) is 11.1 Å². The van der Waals surface area contributed by atoms with Gasteiger partial charge in [0, 0.05) is 8.59 Å². The second kappa shape index (κ2) is 5.92. The molecule has 0 aliphatic carbocycles. The highest BCUT2D eigenvalue weighted by Gasteiger charge is 2.15. The van der Waals surface area contributed by atoms with Crippen LogP contribution in [0.1, 0.15) is 10.4 Å². The molecule has 0 unspecified atom stereocenters. The lowest BCUT2D eigenvalue weighted by Crippen LogP contribution is -2.04. The molecule has 0 aliphatic rings. The highest BCUT2D eigenvalue weighted by atomic mass is 127. The molecule has 0 fully saturated rings. The number of halogens is 4. The van der Waals surface area contributed by atoms with E-state index in [9.17, 15) is 13.6 Å². The molecule has 0 saturated carbocycles. The van der Waals surface area contributed by atoms with Crippen LogP contribution in [-0.2, 0) is 0 Å². The van der Waals surface area contributed by atoms with Crippen LogP contribution in [0.2, 0.25) is 5.02 Å². The van der Waals surface area contributed by atoms with Gasteiger partial charge in [0.1, 0.15) is 5.69 Å². The molecule has 2 rings (SSSR count). The minimum atomic E-state index is -1.39. The van der Waals surface area contributed by atoms with Gasteiger partial charge in [0.25, 0.3) is 0 Å². The van der Waals surface area contributed by atoms with E-state index >= 15 is 0 Å². The number of hydrogen-bond donors (Lipinski definition) is 2. The van der Waals surface area contributed by atoms with E-state index in [4.69, 9.17) is 16.7 Å². The van der Waals surface area contributed by atoms with Crippen LogP contribution in [0.5, 0.6) is 0 Å². The van der Waals surface area contributed by atoms with Crippen molar-refractivity contribution in [2.45, 2.75) is 0 Å². The van der Waals surface area contributed by atoms with E-state index in [-0.39, 0.29) is 0 Å². The van der Waals surface area contributed by atoms with E-state index in [2.05, 4.69) is 5.32 Å². The highest BCUT2D eigenvalue weighted by molar-refractivity contribution is 14.1. The number of nitrogens with one attached hydrogen (secondary N) is 1. The maximum absolute atomic E-state index is 13.8. The third kappa shape index (κ3) is 3.18. The lowest BCUT2D eigenvalue weighted by Gasteiger charge is -2.11. The van der Waals surface area contributed by atoms with Crippen LogP contribution < -0.4 is 5.32 Å². The van der Waals surface area contributed by atoms with Gasteiger partial charge >= 0.3 is 5.97 Å². The van der Waals surface area contributed by atoms with E-state index in [1.54, 1.807) is 18.2 Å². The van der Waals surface area contributed by atoms with E-state index in [1.165, 1.54) is 0 Å². The molecular weight excluding hydrogens is 403 g/mol. The van der Waals surface area contributed by atoms with Crippen molar-refractivity contribution in [1.82, 2.24) is 0 Å². The Hall–Kier alpha value is -1.41. The molecule has 0 bridgehead atoms. The molecule has 2 aromatic carbocycles. The first-order chi connectivity index (χ1) is 9.38. The van der Waals surface area contributed by atoms with Crippen molar-refractivity contribution in [3.05, 3.63) is 56.1 Å². The van der Waals surface area contributed by atoms with Gasteiger partial charge in [-0.2, -0.15) is 0 Å². The number of carboxylic acids is 1. The number of anilines is 2. The predicted octanol–water partition coefficient (Wildman–Crippen LogP) is 4.66. The van der Waals surface area contributed by atoms with Gasteiger partial charge in [-0.15, -0.1) is 0 Å². The zero-order valence-corrected chi connectivity index (χ0v) is 12.7. The van der Waals surface area contributed by atoms with Gasteiger partial charge in [0.05, 0.1) is 11.3 Å². The zero-order valence-electron chi connectivity index (χ0n) is 9.75. The molecule has 7 heteroatoms. The first kappa shape index (κ1) is 15.0. The Morgan fingerprint density at radius 3 is 2.30 bits per heavy atom. The average molecular weight is 410 g/mol. The Labute approximate surface area is 131 Å². The smallest absolute Gasteiger partial charge is 0.335 e. The van der Waals surface area contributed by atoms with Crippen molar-refractivity contribution >= 4 is 51.5 Å². The summed E-state index contributed by atoms with van der Waals surface area (Å²) in [7, 11) is 0. The molecule has 104 valence electrons. The van der Waals surface area contributed by atoms with Gasteiger partial charge < -0.3 is 10.4 Å². The van der Waals surface area contributed by atoms with Gasteiger partial charge in [-0.05, 0) is 52.9 Å². The topological polar surface area (TPSA) is 49.3 Å². The second-order valence-corrected chi connectivity index (χ2v) is 5.47. The first-order valence-electron chi connectivity index (χ1n) is 5.33. The first-order valence-corrected chi connectivity index (χ1v) is 6.78. The maximum atomic E-state index is 13.8. The molecular formula is C13H7ClF2INO2. The summed E-state index contributed by atoms with van der Waals surface area (Å²) in [4.78, 5) is 10.7. The fourth-order valence-corrected chi connectivity index (χ4v) is 2.55. The highest BCUT2D eigenvalue weighted by Crippen LogP contribution is 2.29. The third-order valence-corrected chi connectivity index (χ3v) is 3.61. The molecule has 0 aromatic heterocycles. The van der Waals surface area contributed by atoms with E-state index < -0.39 is 28.9 Å². The summed E-state index contributed by atoms with van der Waals surface area (Å²) < 4.78 is 28.2. The summed E-state index contributed by atoms with van der Waals surface area (Å²) in [6.45, 7) is 0. The monoisotopic (exact) mass is 409 g/mol. The van der Waals surface area contributed by atoms with Crippen LogP contribution in [0.3, 0.4) is 0 Å². The largest absolute Gasteiger partial charge is 0.478 e. The summed E-state index contributed by atoms with van der Waals surface area (Å²) in [5, 5.41) is 11.8. The van der Waals surface area contributed by atoms with Crippen LogP contribution >= 0.6 is 34.2 Å². The summed E-state index contributed by atoms with van der Waals surface area (Å²) >= 11 is 7.76. The fourth-order valence-electron chi connectivity index (χ4n) is 1.54. The van der Waals surface area contributed by atoms with E-state index in [1.807, 2.05) is 22.6 Å². The maximum Gasteiger partial charge on any atom is 0.335 e. The van der Waals surface area contributed by atoms with Gasteiger partial charge in [0.2, 0.25) is 0 Å². The van der Waals surface area contributed by atoms with Crippen LogP contribution in [0.15, 0.2) is 30.3 Å². The summed E-state index contributed by atoms with van der Waals surface area (Å²) in [5.41, 5.74) is -0.387. The van der Waals surface area contributed by atoms with Gasteiger partial charge in [-0.1, -0.05) is 11.6 Å². The Morgan fingerprint density at radius 2 is 1.80 bits per heavy atom. The molecule has 0 heterocycles. The normalized spacial score (nSPS) is 10.4. The molecule has 0 radical (unpaired) electrons. The van der Waals surface area contributed by atoms with Crippen LogP contribution in [0, 0.1) is 15.2 Å². The summed E-state index contributed by atoms with van der Waals surface area (Å²) in [5.74, 6) is -3.35. The molecule has 0 spiro atoms. The summed E-state index contributed by atoms with van der Waals surface area (Å²) in [6, 6.07) is 6.31. The zero-order chi connectivity index (χ0) is 14.9. The molecule has 0 amide bonds. The third-order valence-electron chi connectivity index (χ3n) is 2.48. The predicted molar refractivity (Wildman–Crippen MR) is 80.8 cm³/mol. The van der Waals surface area contributed by atoms with Crippen molar-refractivity contribution in [2.24, 2.45) is 0 Å². The van der Waals surface area contributed by atoms with Crippen molar-refractivity contribution in [3.8, 4) is 0 Å². The number of rotatable bonds is 3. The van der Waals surface area contributed by atoms with Crippen molar-refractivity contribution in [1.29, 1.82) is 0 Å². The lowest BCUT2D eigenvalue weighted by molar-refractivity contribution is 0.0696. The molecule has 2 aromatic rings. The van der Waals surface area contributed by atoms with E-state index in [0.717, 1.165) is 12.1 Å². The molecule has 2 N–H and O–H groups in total. The van der Waals surface area contributed by atoms with E-state index in [0.29, 0.717) is 14.3 Å². The molecule has 3 nitrogen and oxygen atoms in total. The van der Waals surface area contributed by atoms with Crippen LogP contribution in [0.25, 0.3) is 0 Å². The SMILES string of the molecule is O=C(O)c1cc(F)c(Nc2ccc(Cl)cc2I)c(F)c1. The number of aromatic carboxylic acids is 1. The standard InChI is InChI=1S/C13H7ClF2INO2/c14-7-1-2-11(10(17)5-7)18-12-8(15)3-6(13(19)20)4-9(12)16/h1-5,18H,(H,19,20). The Kier molecular flexibility index (Phi) is 4.44. The summed E-state index contributed by atoms with van der Waals surface area (Å²) in [6.07, 6.45) is 0. The number of carboxylic acid groups (broad SMARTS) is 1. The van der Waals surface area contributed by atoms with Gasteiger partial charge in [0.15, 0.2) is 11.6 Å². The average Bonchev–Trinajstić information content (AvgIpc) is 2.35. The number of carbonyl (C=O) groups is 1. The Balaban J connectivity index is 2.41. The van der Waals surface area contributed by atoms with Crippen molar-refractivity contribution in [2.75, 3.05) is 5.32 Å². The minimum Gasteiger partial charge on any atom is -0.478 e. The quantitative estimate of drug-likeness (QED) is 0.725. The Morgan fingerprint density at radius 1 is 1.20 bits per heavy atom. The molecule has 0 saturated heterocycles. The second-order valence-electron chi connectivity index (χ2n) is 3.87. The molecule has 0 aliphatic heterocycles. The molecule has 20 heavy (non-hydrogen) atoms. The van der Waals surface area contributed by atoms with Crippen molar-refractivity contribution < 1.29 is 18.7 Å². The number of hydrogen-bond acceptors (Lipinski definition) is 2. The lowest BCUT2D eigenvalue weighted by atomic mass is 10.2. The number of benzene rings is 2. The molecule has 0 atom stereocenters. The van der Waals surface area contributed by atoms with Crippen molar-refractivity contribution in [3.63, 3.8) is 0 Å². The fraction of sp³-hybridized carbons (Fsp3) is 0. The van der Waals surface area contributed by atoms with Gasteiger partial charge in [-0.3, -0.25) is 0 Å².